The van der Waals surface area contributed by atoms with E-state index in [9.17, 15) is 9.59 Å². The standard InChI is InChI=1S/C8H9ClN4O3/c9-1-4-13(8(10)16)6-5(7(14)15)11-2-3-12-6/h2-3H,1,4H2,(H2,10,16)(H,14,15). The molecule has 0 unspecified atom stereocenters. The van der Waals surface area contributed by atoms with Gasteiger partial charge in [0.1, 0.15) is 0 Å². The number of halogens is 1. The summed E-state index contributed by atoms with van der Waals surface area (Å²) in [5.74, 6) is -1.29. The van der Waals surface area contributed by atoms with Gasteiger partial charge in [-0.1, -0.05) is 0 Å². The van der Waals surface area contributed by atoms with Crippen molar-refractivity contribution in [3.05, 3.63) is 18.1 Å². The summed E-state index contributed by atoms with van der Waals surface area (Å²) < 4.78 is 0. The lowest BCUT2D eigenvalue weighted by Crippen LogP contribution is -2.39. The zero-order valence-electron chi connectivity index (χ0n) is 8.13. The molecule has 1 rings (SSSR count). The number of carbonyl (C=O) groups excluding carboxylic acids is 1. The molecule has 0 fully saturated rings. The quantitative estimate of drug-likeness (QED) is 0.740. The first-order chi connectivity index (χ1) is 7.57. The van der Waals surface area contributed by atoms with Crippen LogP contribution in [0, 0.1) is 0 Å². The van der Waals surface area contributed by atoms with Crippen molar-refractivity contribution in [2.75, 3.05) is 17.3 Å². The van der Waals surface area contributed by atoms with Gasteiger partial charge in [0.05, 0.1) is 0 Å². The van der Waals surface area contributed by atoms with Crippen molar-refractivity contribution in [1.29, 1.82) is 0 Å². The second-order valence-corrected chi connectivity index (χ2v) is 3.09. The van der Waals surface area contributed by atoms with Crippen LogP contribution >= 0.6 is 11.6 Å². The molecule has 0 saturated carbocycles. The molecule has 1 aromatic rings. The third-order valence-corrected chi connectivity index (χ3v) is 1.88. The number of urea groups is 1. The van der Waals surface area contributed by atoms with Crippen molar-refractivity contribution in [2.24, 2.45) is 5.73 Å². The molecule has 0 aromatic carbocycles. The highest BCUT2D eigenvalue weighted by Gasteiger charge is 2.21. The lowest BCUT2D eigenvalue weighted by Gasteiger charge is -2.18. The number of amides is 2. The Balaban J connectivity index is 3.17. The third-order valence-electron chi connectivity index (χ3n) is 1.71. The van der Waals surface area contributed by atoms with E-state index in [2.05, 4.69) is 9.97 Å². The maximum Gasteiger partial charge on any atom is 0.358 e. The van der Waals surface area contributed by atoms with E-state index in [0.29, 0.717) is 0 Å². The Kier molecular flexibility index (Phi) is 4.01. The Hall–Kier alpha value is -1.89. The number of alkyl halides is 1. The van der Waals surface area contributed by atoms with Gasteiger partial charge in [0.25, 0.3) is 0 Å². The number of carboxylic acids is 1. The van der Waals surface area contributed by atoms with E-state index in [-0.39, 0.29) is 23.9 Å². The van der Waals surface area contributed by atoms with E-state index in [0.717, 1.165) is 4.90 Å². The largest absolute Gasteiger partial charge is 0.476 e. The minimum atomic E-state index is -1.29. The van der Waals surface area contributed by atoms with Gasteiger partial charge in [0.15, 0.2) is 11.5 Å². The molecular weight excluding hydrogens is 236 g/mol. The molecule has 7 nitrogen and oxygen atoms in total. The average Bonchev–Trinajstić information content (AvgIpc) is 2.25. The van der Waals surface area contributed by atoms with Crippen LogP contribution in [0.4, 0.5) is 10.6 Å². The van der Waals surface area contributed by atoms with Crippen molar-refractivity contribution in [3.8, 4) is 0 Å². The number of hydrogen-bond acceptors (Lipinski definition) is 4. The number of nitrogens with two attached hydrogens (primary N) is 1. The monoisotopic (exact) mass is 244 g/mol. The molecule has 86 valence electrons. The zero-order valence-corrected chi connectivity index (χ0v) is 8.89. The molecule has 0 radical (unpaired) electrons. The van der Waals surface area contributed by atoms with Gasteiger partial charge in [-0.15, -0.1) is 11.6 Å². The van der Waals surface area contributed by atoms with Crippen LogP contribution in [0.5, 0.6) is 0 Å². The van der Waals surface area contributed by atoms with E-state index >= 15 is 0 Å². The van der Waals surface area contributed by atoms with Crippen molar-refractivity contribution >= 4 is 29.4 Å². The number of anilines is 1. The van der Waals surface area contributed by atoms with Crippen LogP contribution in [0.3, 0.4) is 0 Å². The van der Waals surface area contributed by atoms with Gasteiger partial charge in [-0.2, -0.15) is 0 Å². The summed E-state index contributed by atoms with van der Waals surface area (Å²) in [6.07, 6.45) is 2.48. The lowest BCUT2D eigenvalue weighted by molar-refractivity contribution is 0.0691. The number of rotatable bonds is 4. The minimum absolute atomic E-state index is 0.0653. The molecule has 3 N–H and O–H groups in total. The molecule has 1 heterocycles. The SMILES string of the molecule is NC(=O)N(CCCl)c1nccnc1C(=O)O. The number of primary amides is 1. The van der Waals surface area contributed by atoms with Crippen LogP contribution in [0.15, 0.2) is 12.4 Å². The first-order valence-corrected chi connectivity index (χ1v) is 4.78. The summed E-state index contributed by atoms with van der Waals surface area (Å²) in [6, 6.07) is -0.830. The highest BCUT2D eigenvalue weighted by Crippen LogP contribution is 2.14. The molecule has 2 amide bonds. The summed E-state index contributed by atoms with van der Waals surface area (Å²) in [6.45, 7) is 0.0653. The van der Waals surface area contributed by atoms with Gasteiger partial charge >= 0.3 is 12.0 Å². The molecule has 8 heteroatoms. The van der Waals surface area contributed by atoms with E-state index in [1.807, 2.05) is 0 Å². The van der Waals surface area contributed by atoms with Crippen LogP contribution in [-0.4, -0.2) is 39.5 Å². The summed E-state index contributed by atoms with van der Waals surface area (Å²) >= 11 is 5.48. The third kappa shape index (κ3) is 2.57. The van der Waals surface area contributed by atoms with Crippen LogP contribution in [0.2, 0.25) is 0 Å². The van der Waals surface area contributed by atoms with Crippen molar-refractivity contribution in [2.45, 2.75) is 0 Å². The van der Waals surface area contributed by atoms with Crippen LogP contribution in [0.25, 0.3) is 0 Å². The first kappa shape index (κ1) is 12.2. The fourth-order valence-electron chi connectivity index (χ4n) is 1.08. The Labute approximate surface area is 95.9 Å². The molecule has 1 aromatic heterocycles. The normalized spacial score (nSPS) is 9.81. The average molecular weight is 245 g/mol. The van der Waals surface area contributed by atoms with Crippen LogP contribution in [0.1, 0.15) is 10.5 Å². The Morgan fingerprint density at radius 2 is 2.06 bits per heavy atom. The van der Waals surface area contributed by atoms with Gasteiger partial charge in [0.2, 0.25) is 0 Å². The minimum Gasteiger partial charge on any atom is -0.476 e. The lowest BCUT2D eigenvalue weighted by atomic mass is 10.3. The zero-order chi connectivity index (χ0) is 12.1. The number of carboxylic acid groups (broad SMARTS) is 1. The molecule has 0 atom stereocenters. The first-order valence-electron chi connectivity index (χ1n) is 4.25. The second kappa shape index (κ2) is 5.26. The molecule has 0 aliphatic heterocycles. The predicted octanol–water partition coefficient (Wildman–Crippen LogP) is 0.299. The summed E-state index contributed by atoms with van der Waals surface area (Å²) in [5.41, 5.74) is 4.75. The Bertz CT molecular complexity index is 412. The van der Waals surface area contributed by atoms with E-state index in [1.165, 1.54) is 12.4 Å². The van der Waals surface area contributed by atoms with Crippen LogP contribution in [-0.2, 0) is 0 Å². The number of aromatic nitrogens is 2. The number of nitrogens with zero attached hydrogens (tertiary/aromatic N) is 3. The van der Waals surface area contributed by atoms with Gasteiger partial charge in [-0.3, -0.25) is 4.90 Å². The van der Waals surface area contributed by atoms with E-state index in [1.54, 1.807) is 0 Å². The smallest absolute Gasteiger partial charge is 0.358 e. The number of aromatic carboxylic acids is 1. The predicted molar refractivity (Wildman–Crippen MR) is 56.6 cm³/mol. The molecule has 0 bridgehead atoms. The van der Waals surface area contributed by atoms with E-state index < -0.39 is 12.0 Å². The van der Waals surface area contributed by atoms with Gasteiger partial charge in [0, 0.05) is 24.8 Å². The summed E-state index contributed by atoms with van der Waals surface area (Å²) in [7, 11) is 0. The molecule has 0 aliphatic rings. The maximum absolute atomic E-state index is 11.1. The molecule has 0 saturated heterocycles. The molecule has 16 heavy (non-hydrogen) atoms. The molecular formula is C8H9ClN4O3. The van der Waals surface area contributed by atoms with Crippen LogP contribution < -0.4 is 10.6 Å². The Morgan fingerprint density at radius 3 is 2.56 bits per heavy atom. The van der Waals surface area contributed by atoms with E-state index in [4.69, 9.17) is 22.4 Å². The number of hydrogen-bond donors (Lipinski definition) is 2. The second-order valence-electron chi connectivity index (χ2n) is 2.71. The molecule has 0 spiro atoms. The maximum atomic E-state index is 11.1. The van der Waals surface area contributed by atoms with Crippen molar-refractivity contribution < 1.29 is 14.7 Å². The highest BCUT2D eigenvalue weighted by molar-refractivity contribution is 6.18. The van der Waals surface area contributed by atoms with Gasteiger partial charge in [-0.25, -0.2) is 19.6 Å². The fourth-order valence-corrected chi connectivity index (χ4v) is 1.25. The van der Waals surface area contributed by atoms with Gasteiger partial charge < -0.3 is 10.8 Å². The highest BCUT2D eigenvalue weighted by atomic mass is 35.5. The molecule has 0 aliphatic carbocycles. The summed E-state index contributed by atoms with van der Waals surface area (Å²) in [5, 5.41) is 8.85. The Morgan fingerprint density at radius 1 is 1.44 bits per heavy atom. The number of carbonyl (C=O) groups is 2. The van der Waals surface area contributed by atoms with Gasteiger partial charge in [-0.05, 0) is 0 Å². The fraction of sp³-hybridized carbons (Fsp3) is 0.250. The van der Waals surface area contributed by atoms with Crippen molar-refractivity contribution in [1.82, 2.24) is 9.97 Å². The summed E-state index contributed by atoms with van der Waals surface area (Å²) in [4.78, 5) is 30.3. The topological polar surface area (TPSA) is 109 Å². The van der Waals surface area contributed by atoms with Crippen molar-refractivity contribution in [3.63, 3.8) is 0 Å².